The molecule has 0 aliphatic heterocycles. The monoisotopic (exact) mass is 387 g/mol. The van der Waals surface area contributed by atoms with Crippen LogP contribution in [0, 0.1) is 0 Å². The molecule has 0 spiro atoms. The number of alkyl carbamates (subject to hydrolysis) is 1. The van der Waals surface area contributed by atoms with Crippen LogP contribution in [0.25, 0.3) is 11.1 Å². The van der Waals surface area contributed by atoms with Crippen LogP contribution in [0.15, 0.2) is 72.9 Å². The molecule has 1 aliphatic rings. The van der Waals surface area contributed by atoms with Gasteiger partial charge in [-0.15, -0.1) is 0 Å². The summed E-state index contributed by atoms with van der Waals surface area (Å²) in [5, 5.41) is 13.8. The fraction of sp³-hybridized carbons (Fsp3) is 0.174. The molecule has 0 fully saturated rings. The zero-order chi connectivity index (χ0) is 20.2. The van der Waals surface area contributed by atoms with Gasteiger partial charge in [-0.05, 0) is 34.4 Å². The van der Waals surface area contributed by atoms with Gasteiger partial charge in [-0.25, -0.2) is 4.79 Å². The zero-order valence-corrected chi connectivity index (χ0v) is 15.6. The minimum absolute atomic E-state index is 0.0212. The van der Waals surface area contributed by atoms with Gasteiger partial charge in [-0.1, -0.05) is 54.6 Å². The highest BCUT2D eigenvalue weighted by atomic mass is 16.5. The quantitative estimate of drug-likeness (QED) is 0.701. The number of carboxylic acid groups (broad SMARTS) is 1. The van der Waals surface area contributed by atoms with Crippen LogP contribution in [-0.4, -0.2) is 29.7 Å². The van der Waals surface area contributed by atoms with Crippen molar-refractivity contribution in [2.75, 3.05) is 6.61 Å². The Balaban J connectivity index is 1.43. The molecule has 3 aromatic rings. The number of hydrogen-bond donors (Lipinski definition) is 1. The van der Waals surface area contributed by atoms with Crippen LogP contribution in [0.3, 0.4) is 0 Å². The number of nitrogens with one attached hydrogen (secondary N) is 1. The molecule has 0 bridgehead atoms. The average Bonchev–Trinajstić information content (AvgIpc) is 3.06. The summed E-state index contributed by atoms with van der Waals surface area (Å²) >= 11 is 0. The molecule has 2 aromatic carbocycles. The molecule has 4 rings (SSSR count). The third-order valence-corrected chi connectivity index (χ3v) is 5.06. The fourth-order valence-corrected chi connectivity index (χ4v) is 3.70. The van der Waals surface area contributed by atoms with E-state index in [1.54, 1.807) is 24.4 Å². The Kier molecular flexibility index (Phi) is 5.24. The van der Waals surface area contributed by atoms with E-state index in [1.807, 2.05) is 48.5 Å². The van der Waals surface area contributed by atoms with Gasteiger partial charge in [-0.2, -0.15) is 0 Å². The van der Waals surface area contributed by atoms with Crippen molar-refractivity contribution in [3.05, 3.63) is 89.7 Å². The summed E-state index contributed by atoms with van der Waals surface area (Å²) in [6, 6.07) is 20.0. The van der Waals surface area contributed by atoms with Crippen LogP contribution < -0.4 is 10.4 Å². The van der Waals surface area contributed by atoms with Crippen molar-refractivity contribution < 1.29 is 19.4 Å². The Morgan fingerprint density at radius 3 is 2.17 bits per heavy atom. The number of fused-ring (bicyclic) bond motifs is 3. The summed E-state index contributed by atoms with van der Waals surface area (Å²) in [7, 11) is 0. The molecule has 1 unspecified atom stereocenters. The molecule has 0 radical (unpaired) electrons. The molecule has 146 valence electrons. The second-order valence-corrected chi connectivity index (χ2v) is 6.87. The zero-order valence-electron chi connectivity index (χ0n) is 15.6. The molecule has 0 saturated carbocycles. The van der Waals surface area contributed by atoms with E-state index in [0.717, 1.165) is 22.3 Å². The second kappa shape index (κ2) is 8.14. The van der Waals surface area contributed by atoms with Gasteiger partial charge >= 0.3 is 6.09 Å². The first-order valence-corrected chi connectivity index (χ1v) is 9.36. The van der Waals surface area contributed by atoms with Gasteiger partial charge < -0.3 is 20.0 Å². The van der Waals surface area contributed by atoms with Crippen LogP contribution in [0.5, 0.6) is 0 Å². The van der Waals surface area contributed by atoms with Gasteiger partial charge in [0.25, 0.3) is 0 Å². The predicted octanol–water partition coefficient (Wildman–Crippen LogP) is 2.28. The number of rotatable bonds is 6. The number of amides is 1. The molecule has 1 aromatic heterocycles. The van der Waals surface area contributed by atoms with E-state index in [9.17, 15) is 14.7 Å². The van der Waals surface area contributed by atoms with E-state index in [1.165, 1.54) is 0 Å². The summed E-state index contributed by atoms with van der Waals surface area (Å²) in [6.07, 6.45) is 0.791. The van der Waals surface area contributed by atoms with Crippen molar-refractivity contribution in [2.24, 2.45) is 0 Å². The number of carbonyl (C=O) groups excluding carboxylic acids is 2. The lowest BCUT2D eigenvalue weighted by Crippen LogP contribution is -2.49. The van der Waals surface area contributed by atoms with Crippen molar-refractivity contribution in [1.29, 1.82) is 0 Å². The summed E-state index contributed by atoms with van der Waals surface area (Å²) < 4.78 is 5.40. The van der Waals surface area contributed by atoms with E-state index >= 15 is 0 Å². The van der Waals surface area contributed by atoms with Gasteiger partial charge in [0.05, 0.1) is 12.0 Å². The van der Waals surface area contributed by atoms with E-state index < -0.39 is 18.1 Å². The summed E-state index contributed by atoms with van der Waals surface area (Å²) in [5.41, 5.74) is 4.97. The first-order chi connectivity index (χ1) is 14.1. The number of aromatic nitrogens is 1. The number of benzene rings is 2. The van der Waals surface area contributed by atoms with E-state index in [2.05, 4.69) is 10.3 Å². The standard InChI is InChI=1S/C23H20N2O4/c26-22(27)21(13-15-7-5-6-12-24-15)25-23(28)29-14-20-18-10-3-1-8-16(18)17-9-2-4-11-19(17)20/h1-12,20-21H,13-14H2,(H,25,28)(H,26,27)/p-1. The Bertz CT molecular complexity index is 990. The first-order valence-electron chi connectivity index (χ1n) is 9.36. The van der Waals surface area contributed by atoms with Crippen LogP contribution >= 0.6 is 0 Å². The van der Waals surface area contributed by atoms with Crippen LogP contribution in [0.1, 0.15) is 22.7 Å². The highest BCUT2D eigenvalue weighted by Gasteiger charge is 2.29. The third kappa shape index (κ3) is 3.96. The predicted molar refractivity (Wildman–Crippen MR) is 105 cm³/mol. The van der Waals surface area contributed by atoms with Crippen LogP contribution in [0.2, 0.25) is 0 Å². The lowest BCUT2D eigenvalue weighted by atomic mass is 9.98. The SMILES string of the molecule is O=C(NC(Cc1ccccn1)C(=O)[O-])OCC1c2ccccc2-c2ccccc21. The molecular formula is C23H19N2O4-. The molecule has 1 atom stereocenters. The maximum Gasteiger partial charge on any atom is 0.407 e. The highest BCUT2D eigenvalue weighted by molar-refractivity contribution is 5.80. The van der Waals surface area contributed by atoms with Gasteiger partial charge in [-0.3, -0.25) is 4.98 Å². The number of nitrogens with zero attached hydrogens (tertiary/aromatic N) is 1. The summed E-state index contributed by atoms with van der Waals surface area (Å²) in [5.74, 6) is -1.48. The van der Waals surface area contributed by atoms with Crippen LogP contribution in [-0.2, 0) is 16.0 Å². The lowest BCUT2D eigenvalue weighted by molar-refractivity contribution is -0.308. The number of pyridine rings is 1. The maximum absolute atomic E-state index is 12.3. The smallest absolute Gasteiger partial charge is 0.407 e. The Hall–Kier alpha value is -3.67. The number of aliphatic carboxylic acids is 1. The first kappa shape index (κ1) is 18.7. The summed E-state index contributed by atoms with van der Waals surface area (Å²) in [4.78, 5) is 27.8. The maximum atomic E-state index is 12.3. The van der Waals surface area contributed by atoms with Crippen molar-refractivity contribution in [1.82, 2.24) is 10.3 Å². The Morgan fingerprint density at radius 2 is 1.59 bits per heavy atom. The molecule has 1 amide bonds. The molecule has 6 nitrogen and oxygen atoms in total. The minimum atomic E-state index is -1.39. The van der Waals surface area contributed by atoms with Crippen molar-refractivity contribution >= 4 is 12.1 Å². The molecule has 1 heterocycles. The minimum Gasteiger partial charge on any atom is -0.548 e. The van der Waals surface area contributed by atoms with Crippen LogP contribution in [0.4, 0.5) is 4.79 Å². The van der Waals surface area contributed by atoms with Crippen molar-refractivity contribution in [3.63, 3.8) is 0 Å². The molecule has 29 heavy (non-hydrogen) atoms. The van der Waals surface area contributed by atoms with E-state index in [4.69, 9.17) is 4.74 Å². The largest absolute Gasteiger partial charge is 0.548 e. The van der Waals surface area contributed by atoms with Gasteiger partial charge in [0.15, 0.2) is 0 Å². The lowest BCUT2D eigenvalue weighted by Gasteiger charge is -2.20. The van der Waals surface area contributed by atoms with Gasteiger partial charge in [0.1, 0.15) is 6.61 Å². The summed E-state index contributed by atoms with van der Waals surface area (Å²) in [6.45, 7) is 0.114. The Morgan fingerprint density at radius 1 is 0.966 bits per heavy atom. The van der Waals surface area contributed by atoms with E-state index in [0.29, 0.717) is 5.69 Å². The fourth-order valence-electron chi connectivity index (χ4n) is 3.70. The van der Waals surface area contributed by atoms with Gasteiger partial charge in [0, 0.05) is 24.2 Å². The number of carboxylic acids is 1. The average molecular weight is 387 g/mol. The highest BCUT2D eigenvalue weighted by Crippen LogP contribution is 2.44. The number of ether oxygens (including phenoxy) is 1. The molecule has 1 aliphatic carbocycles. The van der Waals surface area contributed by atoms with Crippen molar-refractivity contribution in [2.45, 2.75) is 18.4 Å². The molecule has 6 heteroatoms. The van der Waals surface area contributed by atoms with Gasteiger partial charge in [0.2, 0.25) is 0 Å². The van der Waals surface area contributed by atoms with E-state index in [-0.39, 0.29) is 18.9 Å². The normalized spacial score (nSPS) is 13.2. The topological polar surface area (TPSA) is 91.4 Å². The third-order valence-electron chi connectivity index (χ3n) is 5.06. The Labute approximate surface area is 168 Å². The number of carbonyl (C=O) groups is 2. The second-order valence-electron chi connectivity index (χ2n) is 6.87. The molecular weight excluding hydrogens is 368 g/mol. The molecule has 0 saturated heterocycles. The molecule has 1 N–H and O–H groups in total. The van der Waals surface area contributed by atoms with Crippen molar-refractivity contribution in [3.8, 4) is 11.1 Å². The number of hydrogen-bond acceptors (Lipinski definition) is 5.